The van der Waals surface area contributed by atoms with Crippen LogP contribution in [0.4, 0.5) is 0 Å². The number of hydrogen-bond acceptors (Lipinski definition) is 4. The predicted octanol–water partition coefficient (Wildman–Crippen LogP) is 0.794. The first kappa shape index (κ1) is 14.0. The highest BCUT2D eigenvalue weighted by atomic mass is 16.5. The number of rotatable bonds is 5. The topological polar surface area (TPSA) is 67.6 Å². The van der Waals surface area contributed by atoms with Crippen molar-refractivity contribution < 1.29 is 14.6 Å². The van der Waals surface area contributed by atoms with Crippen LogP contribution < -0.4 is 0 Å². The van der Waals surface area contributed by atoms with Crippen LogP contribution in [0.25, 0.3) is 0 Å². The van der Waals surface area contributed by atoms with Gasteiger partial charge in [-0.25, -0.2) is 4.79 Å². The van der Waals surface area contributed by atoms with Gasteiger partial charge in [-0.15, -0.1) is 0 Å². The third-order valence-electron chi connectivity index (χ3n) is 3.46. The van der Waals surface area contributed by atoms with Crippen LogP contribution in [-0.2, 0) is 23.1 Å². The first-order chi connectivity index (χ1) is 9.04. The number of carbonyl (C=O) groups is 1. The largest absolute Gasteiger partial charge is 0.480 e. The quantitative estimate of drug-likeness (QED) is 0.854. The van der Waals surface area contributed by atoms with Crippen LogP contribution in [0.15, 0.2) is 6.07 Å². The van der Waals surface area contributed by atoms with E-state index in [1.165, 1.54) is 5.69 Å². The lowest BCUT2D eigenvalue weighted by Crippen LogP contribution is -2.37. The van der Waals surface area contributed by atoms with E-state index in [0.29, 0.717) is 0 Å². The Labute approximate surface area is 113 Å². The summed E-state index contributed by atoms with van der Waals surface area (Å²) < 4.78 is 7.25. The van der Waals surface area contributed by atoms with Gasteiger partial charge in [0, 0.05) is 26.7 Å². The second-order valence-electron chi connectivity index (χ2n) is 5.08. The molecule has 1 aromatic rings. The number of aryl methyl sites for hydroxylation is 2. The molecule has 0 unspecified atom stereocenters. The van der Waals surface area contributed by atoms with E-state index in [1.54, 1.807) is 0 Å². The summed E-state index contributed by atoms with van der Waals surface area (Å²) in [5.74, 6) is -0.896. The number of carboxylic acids is 1. The van der Waals surface area contributed by atoms with Crippen LogP contribution in [0.2, 0.25) is 0 Å². The molecule has 0 saturated carbocycles. The smallest absolute Gasteiger partial charge is 0.329 e. The van der Waals surface area contributed by atoms with Crippen molar-refractivity contribution in [1.82, 2.24) is 14.7 Å². The molecule has 19 heavy (non-hydrogen) atoms. The first-order valence-electron chi connectivity index (χ1n) is 6.60. The SMILES string of the molecule is Cc1cc(CN2CCC(OCC(=O)O)CC2)n(C)n1. The molecule has 1 fully saturated rings. The molecule has 0 spiro atoms. The number of carboxylic acid groups (broad SMARTS) is 1. The first-order valence-corrected chi connectivity index (χ1v) is 6.60. The average Bonchev–Trinajstić information content (AvgIpc) is 2.67. The average molecular weight is 267 g/mol. The summed E-state index contributed by atoms with van der Waals surface area (Å²) in [6.45, 7) is 4.58. The molecule has 0 amide bonds. The Balaban J connectivity index is 1.77. The zero-order valence-corrected chi connectivity index (χ0v) is 11.5. The molecule has 1 saturated heterocycles. The Morgan fingerprint density at radius 1 is 1.53 bits per heavy atom. The zero-order valence-electron chi connectivity index (χ0n) is 11.5. The van der Waals surface area contributed by atoms with Gasteiger partial charge in [-0.2, -0.15) is 5.10 Å². The number of likely N-dealkylation sites (tertiary alicyclic amines) is 1. The fourth-order valence-corrected chi connectivity index (χ4v) is 2.46. The number of ether oxygens (including phenoxy) is 1. The van der Waals surface area contributed by atoms with E-state index < -0.39 is 5.97 Å². The lowest BCUT2D eigenvalue weighted by Gasteiger charge is -2.31. The fraction of sp³-hybridized carbons (Fsp3) is 0.692. The monoisotopic (exact) mass is 267 g/mol. The number of aromatic nitrogens is 2. The van der Waals surface area contributed by atoms with E-state index in [4.69, 9.17) is 9.84 Å². The molecular weight excluding hydrogens is 246 g/mol. The van der Waals surface area contributed by atoms with Crippen molar-refractivity contribution in [3.05, 3.63) is 17.5 Å². The molecule has 1 N–H and O–H groups in total. The number of piperidine rings is 1. The van der Waals surface area contributed by atoms with Gasteiger partial charge >= 0.3 is 5.97 Å². The summed E-state index contributed by atoms with van der Waals surface area (Å²) >= 11 is 0. The molecule has 1 aromatic heterocycles. The third-order valence-corrected chi connectivity index (χ3v) is 3.46. The number of nitrogens with zero attached hydrogens (tertiary/aromatic N) is 3. The van der Waals surface area contributed by atoms with E-state index in [0.717, 1.165) is 38.2 Å². The van der Waals surface area contributed by atoms with Gasteiger partial charge in [0.25, 0.3) is 0 Å². The van der Waals surface area contributed by atoms with E-state index >= 15 is 0 Å². The zero-order chi connectivity index (χ0) is 13.8. The van der Waals surface area contributed by atoms with Crippen molar-refractivity contribution in [2.24, 2.45) is 7.05 Å². The lowest BCUT2D eigenvalue weighted by molar-refractivity contribution is -0.145. The molecule has 1 aliphatic heterocycles. The number of hydrogen-bond donors (Lipinski definition) is 1. The number of aliphatic carboxylic acids is 1. The van der Waals surface area contributed by atoms with E-state index in [9.17, 15) is 4.79 Å². The molecule has 2 rings (SSSR count). The van der Waals surface area contributed by atoms with Gasteiger partial charge < -0.3 is 9.84 Å². The summed E-state index contributed by atoms with van der Waals surface area (Å²) in [5.41, 5.74) is 2.25. The van der Waals surface area contributed by atoms with Crippen molar-refractivity contribution in [2.75, 3.05) is 19.7 Å². The van der Waals surface area contributed by atoms with Crippen molar-refractivity contribution in [1.29, 1.82) is 0 Å². The van der Waals surface area contributed by atoms with Crippen LogP contribution >= 0.6 is 0 Å². The molecule has 6 nitrogen and oxygen atoms in total. The molecule has 106 valence electrons. The van der Waals surface area contributed by atoms with Gasteiger partial charge in [-0.1, -0.05) is 0 Å². The maximum Gasteiger partial charge on any atom is 0.329 e. The summed E-state index contributed by atoms with van der Waals surface area (Å²) in [5, 5.41) is 12.9. The molecular formula is C13H21N3O3. The van der Waals surface area contributed by atoms with Gasteiger partial charge in [0.05, 0.1) is 17.5 Å². The maximum absolute atomic E-state index is 10.4. The minimum absolute atomic E-state index is 0.0839. The van der Waals surface area contributed by atoms with Crippen LogP contribution in [0, 0.1) is 6.92 Å². The minimum Gasteiger partial charge on any atom is -0.480 e. The molecule has 2 heterocycles. The molecule has 0 atom stereocenters. The standard InChI is InChI=1S/C13H21N3O3/c1-10-7-11(15(2)14-10)8-16-5-3-12(4-6-16)19-9-13(17)18/h7,12H,3-6,8-9H2,1-2H3,(H,17,18). The highest BCUT2D eigenvalue weighted by Gasteiger charge is 2.21. The summed E-state index contributed by atoms with van der Waals surface area (Å²) in [6.07, 6.45) is 1.87. The Hall–Kier alpha value is -1.40. The highest BCUT2D eigenvalue weighted by Crippen LogP contribution is 2.16. The second-order valence-corrected chi connectivity index (χ2v) is 5.08. The van der Waals surface area contributed by atoms with Crippen LogP contribution in [-0.4, -0.2) is 51.6 Å². The lowest BCUT2D eigenvalue weighted by atomic mass is 10.1. The Morgan fingerprint density at radius 3 is 2.74 bits per heavy atom. The van der Waals surface area contributed by atoms with Gasteiger partial charge in [-0.3, -0.25) is 9.58 Å². The summed E-state index contributed by atoms with van der Waals surface area (Å²) in [4.78, 5) is 12.8. The molecule has 1 aliphatic rings. The predicted molar refractivity (Wildman–Crippen MR) is 69.8 cm³/mol. The molecule has 6 heteroatoms. The molecule has 0 bridgehead atoms. The molecule has 0 aromatic carbocycles. The van der Waals surface area contributed by atoms with Crippen molar-refractivity contribution in [3.8, 4) is 0 Å². The molecule has 0 radical (unpaired) electrons. The van der Waals surface area contributed by atoms with Crippen molar-refractivity contribution >= 4 is 5.97 Å². The van der Waals surface area contributed by atoms with Crippen molar-refractivity contribution in [2.45, 2.75) is 32.4 Å². The van der Waals surface area contributed by atoms with Crippen molar-refractivity contribution in [3.63, 3.8) is 0 Å². The van der Waals surface area contributed by atoms with E-state index in [2.05, 4.69) is 16.1 Å². The maximum atomic E-state index is 10.4. The highest BCUT2D eigenvalue weighted by molar-refractivity contribution is 5.68. The third kappa shape index (κ3) is 4.04. The van der Waals surface area contributed by atoms with Crippen LogP contribution in [0.5, 0.6) is 0 Å². The minimum atomic E-state index is -0.896. The van der Waals surface area contributed by atoms with E-state index in [-0.39, 0.29) is 12.7 Å². The second kappa shape index (κ2) is 6.16. The van der Waals surface area contributed by atoms with Crippen LogP contribution in [0.1, 0.15) is 24.2 Å². The van der Waals surface area contributed by atoms with Gasteiger partial charge in [0.2, 0.25) is 0 Å². The summed E-state index contributed by atoms with van der Waals surface area (Å²) in [7, 11) is 1.96. The van der Waals surface area contributed by atoms with Gasteiger partial charge in [0.15, 0.2) is 0 Å². The summed E-state index contributed by atoms with van der Waals surface area (Å²) in [6, 6.07) is 2.10. The normalized spacial score (nSPS) is 17.8. The Kier molecular flexibility index (Phi) is 4.55. The van der Waals surface area contributed by atoms with Gasteiger partial charge in [-0.05, 0) is 25.8 Å². The van der Waals surface area contributed by atoms with E-state index in [1.807, 2.05) is 18.7 Å². The van der Waals surface area contributed by atoms with Gasteiger partial charge in [0.1, 0.15) is 6.61 Å². The molecule has 0 aliphatic carbocycles. The Bertz CT molecular complexity index is 436. The Morgan fingerprint density at radius 2 is 2.21 bits per heavy atom. The van der Waals surface area contributed by atoms with Crippen LogP contribution in [0.3, 0.4) is 0 Å². The fourth-order valence-electron chi connectivity index (χ4n) is 2.46.